The summed E-state index contributed by atoms with van der Waals surface area (Å²) in [5, 5.41) is 14.2. The molecule has 25 heteroatoms. The van der Waals surface area contributed by atoms with Gasteiger partial charge in [-0.15, -0.1) is 0 Å². The third-order valence-corrected chi connectivity index (χ3v) is 17.4. The van der Waals surface area contributed by atoms with Gasteiger partial charge in [0.15, 0.2) is 0 Å². The summed E-state index contributed by atoms with van der Waals surface area (Å²) < 4.78 is 0. The van der Waals surface area contributed by atoms with Crippen LogP contribution in [-0.2, 0) is 67.1 Å². The smallest absolute Gasteiger partial charge is 0.233 e. The van der Waals surface area contributed by atoms with Crippen molar-refractivity contribution in [1.82, 2.24) is 26.6 Å². The largest absolute Gasteiger partial charge is 0.369 e. The van der Waals surface area contributed by atoms with Crippen LogP contribution in [-0.4, -0.2) is 147 Å². The number of nitrogens with two attached hydrogens (primary N) is 6. The third kappa shape index (κ3) is 61.1. The molecule has 98 heavy (non-hydrogen) atoms. The number of primary amides is 1. The van der Waals surface area contributed by atoms with Gasteiger partial charge in [0.2, 0.25) is 35.4 Å². The molecule has 0 aromatic carbocycles. The standard InChI is InChI=1S/C40H73N7O8.C33H60N4O6/c41-28-35(50)20-8-3-1-6-18-33(48)26-31(39(44)54)16-11-15-25-47-40(55)32(27-34(49)19-7-2-4-9-21-36(51)29-42)17-12-14-24-45-37(52)22-10-5-13-23-46-38(53)30-43;1-2-28(38)17-8-5-6-11-20-31(41)27(24-29(39)18-9-3-4-10-19-30(40)25-34)16-13-15-23-36-32(42)21-12-7-14-22-37-33(43)26-35/h31-32H,1-30,41-43H2,(H2,44,54)(H,45,52)(H,46,53)(H,47,55);27H,2-26,34-35H2,1H3,(H,36,42)(H,37,43). The second-order valence-electron chi connectivity index (χ2n) is 26.2. The molecule has 0 aromatic rings. The van der Waals surface area contributed by atoms with Crippen molar-refractivity contribution < 1.29 is 67.1 Å². The molecule has 6 amide bonds. The van der Waals surface area contributed by atoms with Gasteiger partial charge in [0.25, 0.3) is 0 Å². The molecule has 0 fully saturated rings. The summed E-state index contributed by atoms with van der Waals surface area (Å²) in [6, 6.07) is 0. The average Bonchev–Trinajstić information content (AvgIpc) is 1.02. The number of ketones is 8. The average molecular weight is 1390 g/mol. The zero-order chi connectivity index (χ0) is 73.2. The number of hydrogen-bond donors (Lipinski definition) is 11. The summed E-state index contributed by atoms with van der Waals surface area (Å²) in [6.45, 7) is 4.49. The van der Waals surface area contributed by atoms with Crippen molar-refractivity contribution in [2.75, 3.05) is 65.4 Å². The predicted molar refractivity (Wildman–Crippen MR) is 383 cm³/mol. The Labute approximate surface area is 586 Å². The summed E-state index contributed by atoms with van der Waals surface area (Å²) in [7, 11) is 0. The van der Waals surface area contributed by atoms with E-state index in [4.69, 9.17) is 34.4 Å². The Morgan fingerprint density at radius 2 is 0.520 bits per heavy atom. The number of Topliss-reactive ketones (excluding diaryl/α,β-unsaturated/α-hetero) is 8. The van der Waals surface area contributed by atoms with E-state index in [0.717, 1.165) is 135 Å². The Bertz CT molecular complexity index is 2270. The Balaban J connectivity index is 0. The molecule has 0 heterocycles. The van der Waals surface area contributed by atoms with Crippen LogP contribution >= 0.6 is 0 Å². The second kappa shape index (κ2) is 66.8. The molecule has 0 radical (unpaired) electrons. The van der Waals surface area contributed by atoms with E-state index in [1.807, 2.05) is 6.92 Å². The molecule has 564 valence electrons. The molecule has 0 spiro atoms. The molecule has 0 aliphatic rings. The van der Waals surface area contributed by atoms with E-state index >= 15 is 0 Å². The van der Waals surface area contributed by atoms with Gasteiger partial charge < -0.3 is 61.0 Å². The van der Waals surface area contributed by atoms with E-state index in [-0.39, 0.29) is 134 Å². The van der Waals surface area contributed by atoms with E-state index in [9.17, 15) is 67.1 Å². The van der Waals surface area contributed by atoms with Crippen LogP contribution in [0.3, 0.4) is 0 Å². The van der Waals surface area contributed by atoms with Crippen molar-refractivity contribution in [3.63, 3.8) is 0 Å². The van der Waals surface area contributed by atoms with Crippen LogP contribution in [0.5, 0.6) is 0 Å². The van der Waals surface area contributed by atoms with Crippen molar-refractivity contribution >= 4 is 81.7 Å². The monoisotopic (exact) mass is 1390 g/mol. The van der Waals surface area contributed by atoms with Gasteiger partial charge in [-0.25, -0.2) is 0 Å². The van der Waals surface area contributed by atoms with Gasteiger partial charge in [-0.3, -0.25) is 67.1 Å². The Morgan fingerprint density at radius 3 is 0.867 bits per heavy atom. The molecule has 0 rings (SSSR count). The highest BCUT2D eigenvalue weighted by molar-refractivity contribution is 5.89. The first-order valence-electron chi connectivity index (χ1n) is 37.4. The van der Waals surface area contributed by atoms with Gasteiger partial charge in [0.1, 0.15) is 46.3 Å². The van der Waals surface area contributed by atoms with Crippen LogP contribution in [0.2, 0.25) is 0 Å². The second-order valence-corrected chi connectivity index (χ2v) is 26.2. The van der Waals surface area contributed by atoms with Crippen LogP contribution < -0.4 is 61.0 Å². The molecule has 0 aliphatic heterocycles. The van der Waals surface area contributed by atoms with Crippen molar-refractivity contribution in [3.8, 4) is 0 Å². The lowest BCUT2D eigenvalue weighted by molar-refractivity contribution is -0.129. The molecule has 25 nitrogen and oxygen atoms in total. The minimum absolute atomic E-state index is 0.00169. The Kier molecular flexibility index (Phi) is 64.1. The van der Waals surface area contributed by atoms with Gasteiger partial charge in [-0.1, -0.05) is 90.4 Å². The van der Waals surface area contributed by atoms with Crippen LogP contribution in [0, 0.1) is 17.8 Å². The van der Waals surface area contributed by atoms with Gasteiger partial charge in [-0.2, -0.15) is 0 Å². The maximum atomic E-state index is 13.2. The first-order valence-corrected chi connectivity index (χ1v) is 37.4. The lowest BCUT2D eigenvalue weighted by Gasteiger charge is -2.17. The highest BCUT2D eigenvalue weighted by atomic mass is 16.2. The van der Waals surface area contributed by atoms with Gasteiger partial charge >= 0.3 is 0 Å². The van der Waals surface area contributed by atoms with Gasteiger partial charge in [0, 0.05) is 140 Å². The number of hydrogen-bond acceptors (Lipinski definition) is 19. The minimum Gasteiger partial charge on any atom is -0.369 e. The molecule has 3 unspecified atom stereocenters. The van der Waals surface area contributed by atoms with Gasteiger partial charge in [0.05, 0.1) is 32.7 Å². The van der Waals surface area contributed by atoms with Crippen LogP contribution in [0.15, 0.2) is 0 Å². The molecule has 0 saturated heterocycles. The number of nitrogens with one attached hydrogen (secondary N) is 5. The number of carbonyl (C=O) groups is 14. The summed E-state index contributed by atoms with van der Waals surface area (Å²) in [4.78, 5) is 168. The molecule has 0 aromatic heterocycles. The van der Waals surface area contributed by atoms with Crippen molar-refractivity contribution in [1.29, 1.82) is 0 Å². The molecule has 17 N–H and O–H groups in total. The van der Waals surface area contributed by atoms with Crippen LogP contribution in [0.25, 0.3) is 0 Å². The maximum Gasteiger partial charge on any atom is 0.233 e. The Hall–Kier alpha value is -6.02. The van der Waals surface area contributed by atoms with E-state index in [0.29, 0.717) is 168 Å². The van der Waals surface area contributed by atoms with Gasteiger partial charge in [-0.05, 0) is 116 Å². The van der Waals surface area contributed by atoms with E-state index in [1.54, 1.807) is 0 Å². The minimum atomic E-state index is -0.562. The first-order chi connectivity index (χ1) is 47.2. The van der Waals surface area contributed by atoms with E-state index < -0.39 is 17.7 Å². The summed E-state index contributed by atoms with van der Waals surface area (Å²) in [6.07, 6.45) is 28.9. The highest BCUT2D eigenvalue weighted by Crippen LogP contribution is 2.22. The number of unbranched alkanes of at least 4 members (excludes halogenated alkanes) is 19. The molecule has 0 aliphatic carbocycles. The first kappa shape index (κ1) is 94.0. The molecule has 0 bridgehead atoms. The summed E-state index contributed by atoms with van der Waals surface area (Å²) in [5.41, 5.74) is 32.1. The topological polar surface area (TPSA) is 455 Å². The predicted octanol–water partition coefficient (Wildman–Crippen LogP) is 6.81. The summed E-state index contributed by atoms with van der Waals surface area (Å²) in [5.74, 6) is -1.80. The quantitative estimate of drug-likeness (QED) is 0.0279. The normalized spacial score (nSPS) is 11.9. The fourth-order valence-electron chi connectivity index (χ4n) is 11.1. The number of rotatable bonds is 70. The SMILES string of the molecule is CCC(=O)CCCCCCC(=O)C(CCCCNC(=O)CCCCCNC(=O)CN)CC(=O)CCCCCCC(=O)CN.NCC(=O)CCCCCCC(=O)CC(CCCCNC(=O)C(CCCCNC(=O)CCCCCNC(=O)CN)CC(=O)CCCCCCC(=O)CN)C(N)=O. The van der Waals surface area contributed by atoms with Crippen LogP contribution in [0.4, 0.5) is 0 Å². The molecule has 3 atom stereocenters. The number of amides is 6. The zero-order valence-corrected chi connectivity index (χ0v) is 60.3. The van der Waals surface area contributed by atoms with Crippen molar-refractivity contribution in [2.45, 2.75) is 296 Å². The highest BCUT2D eigenvalue weighted by Gasteiger charge is 2.24. The molecular formula is C73H133N11O14. The molecular weight excluding hydrogens is 1250 g/mol. The van der Waals surface area contributed by atoms with Crippen molar-refractivity contribution in [2.24, 2.45) is 52.2 Å². The number of carbonyl (C=O) groups excluding carboxylic acids is 14. The maximum absolute atomic E-state index is 13.2. The van der Waals surface area contributed by atoms with E-state index in [2.05, 4.69) is 26.6 Å². The lowest BCUT2D eigenvalue weighted by atomic mass is 9.88. The fraction of sp³-hybridized carbons (Fsp3) is 0.808. The fourth-order valence-corrected chi connectivity index (χ4v) is 11.1. The third-order valence-electron chi connectivity index (χ3n) is 17.4. The van der Waals surface area contributed by atoms with Crippen molar-refractivity contribution in [3.05, 3.63) is 0 Å². The summed E-state index contributed by atoms with van der Waals surface area (Å²) >= 11 is 0. The lowest BCUT2D eigenvalue weighted by Crippen LogP contribution is -2.33. The Morgan fingerprint density at radius 1 is 0.255 bits per heavy atom. The van der Waals surface area contributed by atoms with E-state index in [1.165, 1.54) is 0 Å². The van der Waals surface area contributed by atoms with Crippen LogP contribution in [0.1, 0.15) is 296 Å². The zero-order valence-electron chi connectivity index (χ0n) is 60.3. The molecule has 0 saturated carbocycles.